The summed E-state index contributed by atoms with van der Waals surface area (Å²) in [5.74, 6) is -4.57. The lowest BCUT2D eigenvalue weighted by Gasteiger charge is -2.32. The summed E-state index contributed by atoms with van der Waals surface area (Å²) in [5.41, 5.74) is -3.34. The third-order valence-corrected chi connectivity index (χ3v) is 3.69. The minimum absolute atomic E-state index is 0.0156. The van der Waals surface area contributed by atoms with Crippen LogP contribution in [0.25, 0.3) is 0 Å². The summed E-state index contributed by atoms with van der Waals surface area (Å²) in [6, 6.07) is 7.38. The number of hydrogen-bond acceptors (Lipinski definition) is 3. The molecule has 1 aliphatic rings. The fourth-order valence-electron chi connectivity index (χ4n) is 2.45. The largest absolute Gasteiger partial charge is 0.422 e. The maximum atomic E-state index is 13.6. The van der Waals surface area contributed by atoms with Crippen molar-refractivity contribution in [2.45, 2.75) is 18.6 Å². The molecule has 1 aromatic rings. The molecule has 23 heavy (non-hydrogen) atoms. The van der Waals surface area contributed by atoms with Gasteiger partial charge in [-0.3, -0.25) is 9.59 Å². The zero-order chi connectivity index (χ0) is 17.4. The van der Waals surface area contributed by atoms with Gasteiger partial charge in [0.25, 0.3) is 11.8 Å². The van der Waals surface area contributed by atoms with Crippen molar-refractivity contribution in [3.63, 3.8) is 0 Å². The van der Waals surface area contributed by atoms with E-state index in [1.54, 1.807) is 24.4 Å². The maximum absolute atomic E-state index is 13.6. The van der Waals surface area contributed by atoms with Crippen LogP contribution >= 0.6 is 0 Å². The molecular formula is C15H12F3N3O2. The van der Waals surface area contributed by atoms with E-state index in [0.717, 1.165) is 0 Å². The highest BCUT2D eigenvalue weighted by molar-refractivity contribution is 6.02. The summed E-state index contributed by atoms with van der Waals surface area (Å²) in [6.45, 7) is 4.80. The van der Waals surface area contributed by atoms with Crippen molar-refractivity contribution in [1.82, 2.24) is 10.6 Å². The van der Waals surface area contributed by atoms with Crippen molar-refractivity contribution in [1.29, 1.82) is 5.26 Å². The van der Waals surface area contributed by atoms with E-state index in [1.165, 1.54) is 18.2 Å². The van der Waals surface area contributed by atoms with Crippen molar-refractivity contribution < 1.29 is 22.8 Å². The first-order chi connectivity index (χ1) is 10.6. The number of carbonyl (C=O) groups excluding carboxylic acids is 2. The van der Waals surface area contributed by atoms with E-state index in [4.69, 9.17) is 5.26 Å². The molecule has 0 spiro atoms. The van der Waals surface area contributed by atoms with Gasteiger partial charge in [0.1, 0.15) is 5.92 Å². The lowest BCUT2D eigenvalue weighted by atomic mass is 9.84. The molecule has 1 heterocycles. The van der Waals surface area contributed by atoms with Crippen molar-refractivity contribution in [3.8, 4) is 6.07 Å². The zero-order valence-electron chi connectivity index (χ0n) is 12.0. The number of aryl methyl sites for hydroxylation is 1. The van der Waals surface area contributed by atoms with E-state index < -0.39 is 35.1 Å². The number of amides is 2. The fraction of sp³-hybridized carbons (Fsp3) is 0.267. The molecule has 2 atom stereocenters. The lowest BCUT2D eigenvalue weighted by Crippen LogP contribution is -2.66. The first-order valence-electron chi connectivity index (χ1n) is 6.50. The predicted octanol–water partition coefficient (Wildman–Crippen LogP) is 1.81. The van der Waals surface area contributed by atoms with Crippen LogP contribution in [-0.2, 0) is 4.79 Å². The quantitative estimate of drug-likeness (QED) is 0.871. The first kappa shape index (κ1) is 16.5. The first-order valence-corrected chi connectivity index (χ1v) is 6.50. The number of nitriles is 1. The average molecular weight is 323 g/mol. The zero-order valence-corrected chi connectivity index (χ0v) is 12.0. The van der Waals surface area contributed by atoms with Gasteiger partial charge < -0.3 is 10.6 Å². The maximum Gasteiger partial charge on any atom is 0.422 e. The highest BCUT2D eigenvalue weighted by Crippen LogP contribution is 2.42. The molecule has 1 fully saturated rings. The van der Waals surface area contributed by atoms with Crippen molar-refractivity contribution >= 4 is 11.8 Å². The molecule has 120 valence electrons. The Labute approximate surface area is 129 Å². The van der Waals surface area contributed by atoms with E-state index in [9.17, 15) is 22.8 Å². The smallest absolute Gasteiger partial charge is 0.329 e. The molecule has 8 heteroatoms. The minimum atomic E-state index is -5.17. The molecule has 2 N–H and O–H groups in total. The number of halogens is 3. The summed E-state index contributed by atoms with van der Waals surface area (Å²) in [4.78, 5) is 24.2. The van der Waals surface area contributed by atoms with Crippen LogP contribution in [-0.4, -0.2) is 23.5 Å². The average Bonchev–Trinajstić information content (AvgIpc) is 2.69. The van der Waals surface area contributed by atoms with Crippen LogP contribution in [0.5, 0.6) is 0 Å². The number of nitrogens with zero attached hydrogens (tertiary/aromatic N) is 1. The molecule has 0 aromatic heterocycles. The monoisotopic (exact) mass is 323 g/mol. The molecule has 2 amide bonds. The molecule has 1 aromatic carbocycles. The van der Waals surface area contributed by atoms with Crippen molar-refractivity contribution in [2.75, 3.05) is 0 Å². The van der Waals surface area contributed by atoms with E-state index in [2.05, 4.69) is 6.58 Å². The van der Waals surface area contributed by atoms with E-state index in [-0.39, 0.29) is 5.56 Å². The molecule has 0 unspecified atom stereocenters. The normalized spacial score (nSPS) is 24.0. The number of benzene rings is 1. The van der Waals surface area contributed by atoms with Gasteiger partial charge >= 0.3 is 6.18 Å². The van der Waals surface area contributed by atoms with E-state index in [0.29, 0.717) is 5.56 Å². The lowest BCUT2D eigenvalue weighted by molar-refractivity contribution is -0.197. The second-order valence-corrected chi connectivity index (χ2v) is 5.12. The molecule has 1 aliphatic heterocycles. The Hall–Kier alpha value is -2.82. The summed E-state index contributed by atoms with van der Waals surface area (Å²) >= 11 is 0. The Morgan fingerprint density at radius 1 is 1.43 bits per heavy atom. The van der Waals surface area contributed by atoms with E-state index >= 15 is 0 Å². The Bertz CT molecular complexity index is 736. The van der Waals surface area contributed by atoms with Gasteiger partial charge in [-0.1, -0.05) is 24.8 Å². The Morgan fingerprint density at radius 3 is 2.57 bits per heavy atom. The number of nitrogens with one attached hydrogen (secondary N) is 2. The van der Waals surface area contributed by atoms with Crippen LogP contribution < -0.4 is 10.6 Å². The highest BCUT2D eigenvalue weighted by Gasteiger charge is 2.70. The molecule has 5 nitrogen and oxygen atoms in total. The van der Waals surface area contributed by atoms with Crippen LogP contribution in [0.2, 0.25) is 0 Å². The second-order valence-electron chi connectivity index (χ2n) is 5.12. The fourth-order valence-corrected chi connectivity index (χ4v) is 2.45. The molecule has 2 rings (SSSR count). The van der Waals surface area contributed by atoms with Crippen LogP contribution in [0.1, 0.15) is 15.9 Å². The van der Waals surface area contributed by atoms with Gasteiger partial charge in [-0.05, 0) is 18.6 Å². The van der Waals surface area contributed by atoms with Gasteiger partial charge in [0.2, 0.25) is 5.54 Å². The Morgan fingerprint density at radius 2 is 2.04 bits per heavy atom. The topological polar surface area (TPSA) is 82.0 Å². The van der Waals surface area contributed by atoms with Gasteiger partial charge in [-0.25, -0.2) is 0 Å². The number of alkyl halides is 3. The number of hydrogen-bond donors (Lipinski definition) is 2. The molecule has 0 bridgehead atoms. The molecule has 0 radical (unpaired) electrons. The van der Waals surface area contributed by atoms with Gasteiger partial charge in [-0.15, -0.1) is 0 Å². The molecule has 0 aliphatic carbocycles. The third-order valence-electron chi connectivity index (χ3n) is 3.69. The minimum Gasteiger partial charge on any atom is -0.329 e. The summed E-state index contributed by atoms with van der Waals surface area (Å²) in [6.07, 6.45) is -5.17. The van der Waals surface area contributed by atoms with Gasteiger partial charge in [0, 0.05) is 11.3 Å². The van der Waals surface area contributed by atoms with Gasteiger partial charge in [0.15, 0.2) is 0 Å². The number of carbonyl (C=O) groups is 2. The third kappa shape index (κ3) is 2.44. The summed E-state index contributed by atoms with van der Waals surface area (Å²) in [7, 11) is 0. The van der Waals surface area contributed by atoms with Crippen LogP contribution in [0.15, 0.2) is 36.5 Å². The molecule has 1 saturated heterocycles. The van der Waals surface area contributed by atoms with Crippen LogP contribution in [0.3, 0.4) is 0 Å². The molecular weight excluding hydrogens is 311 g/mol. The Balaban J connectivity index is 2.52. The Kier molecular flexibility index (Phi) is 3.90. The van der Waals surface area contributed by atoms with Crippen molar-refractivity contribution in [3.05, 3.63) is 47.7 Å². The van der Waals surface area contributed by atoms with Crippen LogP contribution in [0.4, 0.5) is 13.2 Å². The van der Waals surface area contributed by atoms with Crippen LogP contribution in [0, 0.1) is 24.2 Å². The second kappa shape index (κ2) is 5.43. The van der Waals surface area contributed by atoms with Gasteiger partial charge in [0.05, 0.1) is 6.07 Å². The SMILES string of the molecule is C=C1NC(=O)[C@](NC(=O)c2ccccc2C)(C(F)(F)F)[C@@H]1C#N. The highest BCUT2D eigenvalue weighted by atomic mass is 19.4. The van der Waals surface area contributed by atoms with Gasteiger partial charge in [-0.2, -0.15) is 18.4 Å². The summed E-state index contributed by atoms with van der Waals surface area (Å²) in [5, 5.41) is 12.6. The van der Waals surface area contributed by atoms with E-state index in [1.807, 2.05) is 5.32 Å². The summed E-state index contributed by atoms with van der Waals surface area (Å²) < 4.78 is 40.8. The number of rotatable bonds is 2. The molecule has 0 saturated carbocycles. The predicted molar refractivity (Wildman–Crippen MR) is 73.8 cm³/mol. The van der Waals surface area contributed by atoms with Crippen molar-refractivity contribution in [2.24, 2.45) is 5.92 Å². The standard InChI is InChI=1S/C15H12F3N3O2/c1-8-5-3-4-6-10(8)12(22)21-14(15(16,17)18)11(7-19)9(2)20-13(14)23/h3-6,11H,2H2,1H3,(H,20,23)(H,21,22)/t11-,14+/m1/s1.